The van der Waals surface area contributed by atoms with Gasteiger partial charge in [0.25, 0.3) is 5.91 Å². The van der Waals surface area contributed by atoms with Crippen LogP contribution in [0, 0.1) is 0 Å². The predicted molar refractivity (Wildman–Crippen MR) is 124 cm³/mol. The molecule has 1 amide bonds. The highest BCUT2D eigenvalue weighted by Gasteiger charge is 2.24. The number of carbonyl (C=O) groups excluding carboxylic acids is 1. The second-order valence-electron chi connectivity index (χ2n) is 7.73. The van der Waals surface area contributed by atoms with Gasteiger partial charge in [0.15, 0.2) is 0 Å². The van der Waals surface area contributed by atoms with Gasteiger partial charge in [0.1, 0.15) is 5.82 Å². The molecule has 1 unspecified atom stereocenters. The minimum absolute atomic E-state index is 0.119. The Kier molecular flexibility index (Phi) is 6.79. The van der Waals surface area contributed by atoms with Gasteiger partial charge < -0.3 is 20.2 Å². The number of aromatic nitrogens is 1. The number of rotatable bonds is 7. The highest BCUT2D eigenvalue weighted by Crippen LogP contribution is 2.22. The number of para-hydroxylation sites is 1. The number of aliphatic hydroxyl groups excluding tert-OH is 1. The zero-order chi connectivity index (χ0) is 21.5. The van der Waals surface area contributed by atoms with Gasteiger partial charge in [0, 0.05) is 38.1 Å². The van der Waals surface area contributed by atoms with Crippen molar-refractivity contribution in [2.45, 2.75) is 12.5 Å². The number of hydrogen-bond donors (Lipinski definition) is 2. The summed E-state index contributed by atoms with van der Waals surface area (Å²) in [7, 11) is 0. The number of carbonyl (C=O) groups is 1. The van der Waals surface area contributed by atoms with E-state index in [-0.39, 0.29) is 18.6 Å². The Morgan fingerprint density at radius 2 is 1.55 bits per heavy atom. The minimum atomic E-state index is -0.349. The Labute approximate surface area is 183 Å². The third kappa shape index (κ3) is 5.22. The van der Waals surface area contributed by atoms with Crippen LogP contribution in [0.15, 0.2) is 79.0 Å². The number of anilines is 2. The predicted octanol–water partition coefficient (Wildman–Crippen LogP) is 2.74. The normalized spacial score (nSPS) is 14.9. The lowest BCUT2D eigenvalue weighted by atomic mass is 10.1. The van der Waals surface area contributed by atoms with Crippen LogP contribution in [0.3, 0.4) is 0 Å². The number of amides is 1. The van der Waals surface area contributed by atoms with E-state index in [1.165, 1.54) is 5.69 Å². The topological polar surface area (TPSA) is 68.7 Å². The molecular weight excluding hydrogens is 388 g/mol. The first-order valence-electron chi connectivity index (χ1n) is 10.7. The molecule has 0 saturated carbocycles. The minimum Gasteiger partial charge on any atom is -0.394 e. The van der Waals surface area contributed by atoms with Gasteiger partial charge in [-0.25, -0.2) is 4.98 Å². The molecule has 2 N–H and O–H groups in total. The van der Waals surface area contributed by atoms with Crippen LogP contribution in [0.5, 0.6) is 0 Å². The molecular formula is C25H28N4O2. The highest BCUT2D eigenvalue weighted by atomic mass is 16.3. The maximum atomic E-state index is 13.1. The molecule has 1 aromatic heterocycles. The van der Waals surface area contributed by atoms with E-state index in [0.717, 1.165) is 31.7 Å². The van der Waals surface area contributed by atoms with Crippen molar-refractivity contribution in [2.75, 3.05) is 42.6 Å². The molecule has 31 heavy (non-hydrogen) atoms. The van der Waals surface area contributed by atoms with Crippen LogP contribution in [0.25, 0.3) is 0 Å². The van der Waals surface area contributed by atoms with Crippen molar-refractivity contribution in [1.29, 1.82) is 0 Å². The Bertz CT molecular complexity index is 973. The number of pyridine rings is 1. The standard InChI is InChI=1S/C25H28N4O2/c30-19-21(18-20-8-3-1-4-9-20)27-25(31)23-12-7-13-26-24(23)29-16-14-28(15-17-29)22-10-5-2-6-11-22/h1-13,21,30H,14-19H2,(H,27,31). The van der Waals surface area contributed by atoms with E-state index in [0.29, 0.717) is 17.8 Å². The van der Waals surface area contributed by atoms with Crippen LogP contribution in [0.4, 0.5) is 11.5 Å². The molecule has 1 aliphatic heterocycles. The lowest BCUT2D eigenvalue weighted by Crippen LogP contribution is -2.47. The molecule has 1 fully saturated rings. The fourth-order valence-electron chi connectivity index (χ4n) is 3.96. The quantitative estimate of drug-likeness (QED) is 0.620. The molecule has 0 bridgehead atoms. The number of aliphatic hydroxyl groups is 1. The van der Waals surface area contributed by atoms with Crippen molar-refractivity contribution >= 4 is 17.4 Å². The average molecular weight is 417 g/mol. The lowest BCUT2D eigenvalue weighted by molar-refractivity contribution is 0.0916. The van der Waals surface area contributed by atoms with E-state index in [1.807, 2.05) is 36.4 Å². The van der Waals surface area contributed by atoms with Gasteiger partial charge in [-0.15, -0.1) is 0 Å². The van der Waals surface area contributed by atoms with Gasteiger partial charge in [-0.05, 0) is 36.2 Å². The van der Waals surface area contributed by atoms with E-state index >= 15 is 0 Å². The van der Waals surface area contributed by atoms with Crippen molar-refractivity contribution in [3.63, 3.8) is 0 Å². The third-order valence-corrected chi connectivity index (χ3v) is 5.61. The summed E-state index contributed by atoms with van der Waals surface area (Å²) in [6.45, 7) is 3.20. The van der Waals surface area contributed by atoms with E-state index in [1.54, 1.807) is 18.3 Å². The smallest absolute Gasteiger partial charge is 0.255 e. The Morgan fingerprint density at radius 1 is 0.903 bits per heavy atom. The third-order valence-electron chi connectivity index (χ3n) is 5.61. The van der Waals surface area contributed by atoms with Crippen LogP contribution >= 0.6 is 0 Å². The van der Waals surface area contributed by atoms with Crippen molar-refractivity contribution in [2.24, 2.45) is 0 Å². The summed E-state index contributed by atoms with van der Waals surface area (Å²) in [6, 6.07) is 23.5. The molecule has 3 aromatic rings. The first kappa shape index (κ1) is 20.9. The summed E-state index contributed by atoms with van der Waals surface area (Å²) in [4.78, 5) is 22.1. The van der Waals surface area contributed by atoms with E-state index < -0.39 is 0 Å². The van der Waals surface area contributed by atoms with E-state index in [4.69, 9.17) is 0 Å². The zero-order valence-electron chi connectivity index (χ0n) is 17.5. The monoisotopic (exact) mass is 416 g/mol. The molecule has 1 atom stereocenters. The maximum Gasteiger partial charge on any atom is 0.255 e. The summed E-state index contributed by atoms with van der Waals surface area (Å²) in [6.07, 6.45) is 2.30. The Balaban J connectivity index is 1.42. The van der Waals surface area contributed by atoms with Gasteiger partial charge >= 0.3 is 0 Å². The maximum absolute atomic E-state index is 13.1. The van der Waals surface area contributed by atoms with Crippen LogP contribution < -0.4 is 15.1 Å². The number of piperazine rings is 1. The van der Waals surface area contributed by atoms with Gasteiger partial charge in [-0.1, -0.05) is 48.5 Å². The molecule has 2 heterocycles. The zero-order valence-corrected chi connectivity index (χ0v) is 17.5. The van der Waals surface area contributed by atoms with Gasteiger partial charge in [0.05, 0.1) is 18.2 Å². The fraction of sp³-hybridized carbons (Fsp3) is 0.280. The summed E-state index contributed by atoms with van der Waals surface area (Å²) >= 11 is 0. The molecule has 0 radical (unpaired) electrons. The van der Waals surface area contributed by atoms with Crippen molar-refractivity contribution in [3.8, 4) is 0 Å². The SMILES string of the molecule is O=C(NC(CO)Cc1ccccc1)c1cccnc1N1CCN(c2ccccc2)CC1. The van der Waals surface area contributed by atoms with Crippen LogP contribution in [-0.4, -0.2) is 54.8 Å². The summed E-state index contributed by atoms with van der Waals surface area (Å²) in [5.74, 6) is 0.493. The molecule has 0 spiro atoms. The fourth-order valence-corrected chi connectivity index (χ4v) is 3.96. The molecule has 4 rings (SSSR count). The average Bonchev–Trinajstić information content (AvgIpc) is 2.85. The number of benzene rings is 2. The molecule has 6 nitrogen and oxygen atoms in total. The molecule has 1 saturated heterocycles. The molecule has 0 aliphatic carbocycles. The van der Waals surface area contributed by atoms with Gasteiger partial charge in [-0.2, -0.15) is 0 Å². The molecule has 160 valence electrons. The van der Waals surface area contributed by atoms with Crippen LogP contribution in [-0.2, 0) is 6.42 Å². The van der Waals surface area contributed by atoms with Gasteiger partial charge in [0.2, 0.25) is 0 Å². The summed E-state index contributed by atoms with van der Waals surface area (Å²) in [5, 5.41) is 12.8. The molecule has 1 aliphatic rings. The number of nitrogens with one attached hydrogen (secondary N) is 1. The first-order valence-corrected chi connectivity index (χ1v) is 10.7. The molecule has 2 aromatic carbocycles. The largest absolute Gasteiger partial charge is 0.394 e. The van der Waals surface area contributed by atoms with Crippen LogP contribution in [0.2, 0.25) is 0 Å². The van der Waals surface area contributed by atoms with Crippen molar-refractivity contribution in [3.05, 3.63) is 90.1 Å². The number of nitrogens with zero attached hydrogens (tertiary/aromatic N) is 3. The number of hydrogen-bond acceptors (Lipinski definition) is 5. The van der Waals surface area contributed by atoms with E-state index in [9.17, 15) is 9.90 Å². The first-order chi connectivity index (χ1) is 15.2. The second kappa shape index (κ2) is 10.1. The van der Waals surface area contributed by atoms with Crippen molar-refractivity contribution < 1.29 is 9.90 Å². The van der Waals surface area contributed by atoms with Crippen molar-refractivity contribution in [1.82, 2.24) is 10.3 Å². The summed E-state index contributed by atoms with van der Waals surface area (Å²) in [5.41, 5.74) is 2.83. The highest BCUT2D eigenvalue weighted by molar-refractivity contribution is 5.99. The Hall–Kier alpha value is -3.38. The Morgan fingerprint density at radius 3 is 2.23 bits per heavy atom. The summed E-state index contributed by atoms with van der Waals surface area (Å²) < 4.78 is 0. The second-order valence-corrected chi connectivity index (χ2v) is 7.73. The lowest BCUT2D eigenvalue weighted by Gasteiger charge is -2.37. The van der Waals surface area contributed by atoms with Gasteiger partial charge in [-0.3, -0.25) is 4.79 Å². The van der Waals surface area contributed by atoms with E-state index in [2.05, 4.69) is 44.4 Å². The molecule has 6 heteroatoms. The van der Waals surface area contributed by atoms with Crippen LogP contribution in [0.1, 0.15) is 15.9 Å².